The van der Waals surface area contributed by atoms with E-state index in [9.17, 15) is 24.3 Å². The number of aromatic hydroxyl groups is 1. The lowest BCUT2D eigenvalue weighted by molar-refractivity contribution is -0.144. The first kappa shape index (κ1) is 28.2. The van der Waals surface area contributed by atoms with Gasteiger partial charge in [-0.05, 0) is 77.2 Å². The molecule has 2 amide bonds. The molecule has 0 aromatic heterocycles. The van der Waals surface area contributed by atoms with E-state index in [1.807, 2.05) is 30.3 Å². The number of carbonyl (C=O) groups is 4. The predicted molar refractivity (Wildman–Crippen MR) is 164 cm³/mol. The van der Waals surface area contributed by atoms with E-state index in [-0.39, 0.29) is 52.0 Å². The summed E-state index contributed by atoms with van der Waals surface area (Å²) in [6.07, 6.45) is 5.55. The van der Waals surface area contributed by atoms with Gasteiger partial charge in [-0.25, -0.2) is 0 Å². The summed E-state index contributed by atoms with van der Waals surface area (Å²) >= 11 is 3.28. The molecular formula is C35H33BrN2O5. The van der Waals surface area contributed by atoms with Gasteiger partial charge >= 0.3 is 0 Å². The quantitative estimate of drug-likeness (QED) is 0.283. The predicted octanol–water partition coefficient (Wildman–Crippen LogP) is 5.13. The van der Waals surface area contributed by atoms with Crippen LogP contribution in [0.4, 0.5) is 0 Å². The van der Waals surface area contributed by atoms with Crippen LogP contribution in [0.15, 0.2) is 81.9 Å². The lowest BCUT2D eigenvalue weighted by Crippen LogP contribution is -2.47. The molecule has 3 aliphatic carbocycles. The lowest BCUT2D eigenvalue weighted by Gasteiger charge is -2.42. The number of phenolic OH excluding ortho intramolecular Hbond substituents is 1. The van der Waals surface area contributed by atoms with E-state index >= 15 is 0 Å². The van der Waals surface area contributed by atoms with Crippen molar-refractivity contribution in [3.63, 3.8) is 0 Å². The highest BCUT2D eigenvalue weighted by Crippen LogP contribution is 2.55. The Kier molecular flexibility index (Phi) is 7.09. The van der Waals surface area contributed by atoms with Crippen LogP contribution in [-0.2, 0) is 25.7 Å². The number of allylic oxidation sites excluding steroid dienone is 6. The minimum absolute atomic E-state index is 0.101. The third-order valence-corrected chi connectivity index (χ3v) is 10.7. The van der Waals surface area contributed by atoms with Crippen molar-refractivity contribution in [2.24, 2.45) is 17.8 Å². The third-order valence-electron chi connectivity index (χ3n) is 10.1. The molecule has 43 heavy (non-hydrogen) atoms. The number of hydrogen-bond acceptors (Lipinski definition) is 6. The second-order valence-corrected chi connectivity index (χ2v) is 13.3. The van der Waals surface area contributed by atoms with E-state index in [1.54, 1.807) is 24.0 Å². The summed E-state index contributed by atoms with van der Waals surface area (Å²) in [6.45, 7) is 4.28. The molecular weight excluding hydrogens is 608 g/mol. The topological polar surface area (TPSA) is 95.0 Å². The van der Waals surface area contributed by atoms with Crippen molar-refractivity contribution in [2.75, 3.05) is 13.1 Å². The van der Waals surface area contributed by atoms with Gasteiger partial charge in [0.1, 0.15) is 5.75 Å². The van der Waals surface area contributed by atoms with Crippen molar-refractivity contribution in [1.29, 1.82) is 0 Å². The number of nitrogens with zero attached hydrogens (tertiary/aromatic N) is 2. The molecule has 220 valence electrons. The number of fused-ring (bicyclic) bond motifs is 3. The van der Waals surface area contributed by atoms with Crippen LogP contribution in [0.1, 0.15) is 48.3 Å². The Balaban J connectivity index is 1.19. The van der Waals surface area contributed by atoms with Crippen LogP contribution in [0.25, 0.3) is 0 Å². The fourth-order valence-corrected chi connectivity index (χ4v) is 8.45. The number of benzene rings is 2. The minimum atomic E-state index is -0.558. The number of imide groups is 1. The number of Topliss-reactive ketones (excluding diaryl/α,β-unsaturated/α-hetero) is 1. The summed E-state index contributed by atoms with van der Waals surface area (Å²) in [5.74, 6) is -2.44. The van der Waals surface area contributed by atoms with Crippen LogP contribution in [0.2, 0.25) is 0 Å². The average Bonchev–Trinajstić information content (AvgIpc) is 3.26. The molecule has 2 fully saturated rings. The second-order valence-electron chi connectivity index (χ2n) is 12.5. The van der Waals surface area contributed by atoms with Crippen LogP contribution in [-0.4, -0.2) is 57.4 Å². The van der Waals surface area contributed by atoms with Crippen LogP contribution in [0.5, 0.6) is 5.75 Å². The van der Waals surface area contributed by atoms with E-state index < -0.39 is 17.8 Å². The highest BCUT2D eigenvalue weighted by atomic mass is 79.9. The van der Waals surface area contributed by atoms with Gasteiger partial charge in [0.25, 0.3) is 0 Å². The maximum atomic E-state index is 14.2. The summed E-state index contributed by atoms with van der Waals surface area (Å²) < 4.78 is 0.217. The van der Waals surface area contributed by atoms with Crippen molar-refractivity contribution in [3.05, 3.63) is 98.6 Å². The van der Waals surface area contributed by atoms with E-state index in [2.05, 4.69) is 33.0 Å². The number of amides is 2. The van der Waals surface area contributed by atoms with Gasteiger partial charge in [-0.2, -0.15) is 0 Å². The van der Waals surface area contributed by atoms with Crippen molar-refractivity contribution in [3.8, 4) is 5.75 Å². The minimum Gasteiger partial charge on any atom is -0.508 e. The summed E-state index contributed by atoms with van der Waals surface area (Å²) in [5, 5.41) is 10.2. The maximum Gasteiger partial charge on any atom is 0.233 e. The molecule has 7 nitrogen and oxygen atoms in total. The van der Waals surface area contributed by atoms with Gasteiger partial charge in [0, 0.05) is 48.8 Å². The fourth-order valence-electron chi connectivity index (χ4n) is 8.01. The molecule has 2 heterocycles. The zero-order chi connectivity index (χ0) is 30.0. The Bertz CT molecular complexity index is 1650. The first-order chi connectivity index (χ1) is 20.7. The van der Waals surface area contributed by atoms with Crippen LogP contribution in [0.3, 0.4) is 0 Å². The highest BCUT2D eigenvalue weighted by Gasteiger charge is 2.57. The zero-order valence-corrected chi connectivity index (χ0v) is 25.5. The lowest BCUT2D eigenvalue weighted by atomic mass is 9.59. The molecule has 0 bridgehead atoms. The molecule has 8 heteroatoms. The second kappa shape index (κ2) is 10.8. The zero-order valence-electron chi connectivity index (χ0n) is 24.0. The third kappa shape index (κ3) is 4.66. The number of aryl methyl sites for hydroxylation is 1. The van der Waals surface area contributed by atoms with Crippen LogP contribution >= 0.6 is 15.9 Å². The van der Waals surface area contributed by atoms with Gasteiger partial charge in [-0.1, -0.05) is 54.1 Å². The molecule has 1 N–H and O–H groups in total. The fraction of sp³-hybridized carbons (Fsp3) is 0.371. The molecule has 0 spiro atoms. The number of rotatable bonds is 4. The van der Waals surface area contributed by atoms with E-state index in [4.69, 9.17) is 0 Å². The molecule has 0 unspecified atom stereocenters. The Morgan fingerprint density at radius 1 is 0.953 bits per heavy atom. The molecule has 0 saturated carbocycles. The largest absolute Gasteiger partial charge is 0.508 e. The number of carbonyl (C=O) groups excluding carboxylic acids is 4. The molecule has 2 aromatic rings. The standard InChI is InChI=1S/C35H33BrN2O5/c1-19-15-21(7-10-28(19)39)30-23-8-9-24-31(25(23)16-26-32(30)29(40)17-27(36)33(26)41)35(43)38(34(24)42)22-11-13-37(14-12-22)18-20-5-3-2-4-6-20/h2-8,10,15,17,22,24-25,30-31,39H,9,11-14,16,18H2,1H3/t24-,25+,30-,31-/m0/s1. The monoisotopic (exact) mass is 640 g/mol. The van der Waals surface area contributed by atoms with E-state index in [0.717, 1.165) is 43.6 Å². The Labute approximate surface area is 259 Å². The van der Waals surface area contributed by atoms with Crippen molar-refractivity contribution < 1.29 is 24.3 Å². The van der Waals surface area contributed by atoms with Gasteiger partial charge in [-0.3, -0.25) is 29.0 Å². The number of piperidine rings is 1. The molecule has 7 rings (SSSR count). The molecule has 2 aliphatic heterocycles. The number of hydrogen-bond donors (Lipinski definition) is 1. The molecule has 0 radical (unpaired) electrons. The number of likely N-dealkylation sites (tertiary alicyclic amines) is 2. The molecule has 5 aliphatic rings. The van der Waals surface area contributed by atoms with Crippen molar-refractivity contribution in [2.45, 2.75) is 51.1 Å². The Morgan fingerprint density at radius 3 is 2.42 bits per heavy atom. The SMILES string of the molecule is Cc1cc([C@H]2C3=CC[C@@H]4C(=O)N(C5CCN(Cc6ccccc6)CC5)C(=O)[C@@H]4[C@@H]3CC3=C2C(=O)C=C(Br)C3=O)ccc1O. The normalized spacial score (nSPS) is 28.0. The van der Waals surface area contributed by atoms with Gasteiger partial charge < -0.3 is 5.11 Å². The molecule has 4 atom stereocenters. The van der Waals surface area contributed by atoms with Crippen LogP contribution < -0.4 is 0 Å². The summed E-state index contributed by atoms with van der Waals surface area (Å²) in [5.41, 5.74) is 4.51. The highest BCUT2D eigenvalue weighted by molar-refractivity contribution is 9.12. The van der Waals surface area contributed by atoms with Gasteiger partial charge in [0.05, 0.1) is 16.3 Å². The molecule has 2 aromatic carbocycles. The van der Waals surface area contributed by atoms with E-state index in [1.165, 1.54) is 11.6 Å². The van der Waals surface area contributed by atoms with E-state index in [0.29, 0.717) is 23.1 Å². The Morgan fingerprint density at radius 2 is 1.70 bits per heavy atom. The van der Waals surface area contributed by atoms with Gasteiger partial charge in [-0.15, -0.1) is 0 Å². The maximum absolute atomic E-state index is 14.2. The smallest absolute Gasteiger partial charge is 0.233 e. The molecule has 2 saturated heterocycles. The number of halogens is 1. The summed E-state index contributed by atoms with van der Waals surface area (Å²) in [7, 11) is 0. The Hall–Kier alpha value is -3.62. The summed E-state index contributed by atoms with van der Waals surface area (Å²) in [6, 6.07) is 15.4. The summed E-state index contributed by atoms with van der Waals surface area (Å²) in [4.78, 5) is 58.9. The first-order valence-electron chi connectivity index (χ1n) is 15.0. The number of ketones is 2. The van der Waals surface area contributed by atoms with Crippen LogP contribution in [0, 0.1) is 24.7 Å². The van der Waals surface area contributed by atoms with Gasteiger partial charge in [0.15, 0.2) is 11.6 Å². The average molecular weight is 642 g/mol. The van der Waals surface area contributed by atoms with Crippen molar-refractivity contribution >= 4 is 39.3 Å². The van der Waals surface area contributed by atoms with Gasteiger partial charge in [0.2, 0.25) is 11.8 Å². The number of phenols is 1. The van der Waals surface area contributed by atoms with Crippen molar-refractivity contribution in [1.82, 2.24) is 9.80 Å². The first-order valence-corrected chi connectivity index (χ1v) is 15.8.